The van der Waals surface area contributed by atoms with E-state index in [0.29, 0.717) is 38.5 Å². The third-order valence-electron chi connectivity index (χ3n) is 7.54. The van der Waals surface area contributed by atoms with Crippen LogP contribution in [0.5, 0.6) is 23.0 Å². The Kier molecular flexibility index (Phi) is 12.5. The van der Waals surface area contributed by atoms with E-state index in [2.05, 4.69) is 0 Å². The Morgan fingerprint density at radius 1 is 0.617 bits per heavy atom. The zero-order chi connectivity index (χ0) is 33.9. The first-order chi connectivity index (χ1) is 22.6. The molecule has 1 unspecified atom stereocenters. The molecular weight excluding hydrogens is 626 g/mol. The molecule has 0 saturated carbocycles. The molecule has 0 aliphatic heterocycles. The summed E-state index contributed by atoms with van der Waals surface area (Å²) in [6, 6.07) is 12.2. The van der Waals surface area contributed by atoms with Gasteiger partial charge in [0.25, 0.3) is 0 Å². The minimum absolute atomic E-state index is 0.110. The van der Waals surface area contributed by atoms with Crippen molar-refractivity contribution in [2.45, 2.75) is 45.4 Å². The fourth-order valence-corrected chi connectivity index (χ4v) is 5.04. The minimum Gasteiger partial charge on any atom is -0.505 e. The zero-order valence-corrected chi connectivity index (χ0v) is 25.6. The number of aldehydes is 1. The Balaban J connectivity index is 1.15. The van der Waals surface area contributed by atoms with Gasteiger partial charge in [-0.05, 0) is 94.0 Å². The Hall–Kier alpha value is -4.67. The molecular formula is C36H34F6O5. The molecule has 0 bridgehead atoms. The number of hydrogen-bond donors (Lipinski definition) is 1. The molecule has 0 aliphatic rings. The van der Waals surface area contributed by atoms with E-state index in [0.717, 1.165) is 30.6 Å². The number of hydrogen-bond acceptors (Lipinski definition) is 5. The van der Waals surface area contributed by atoms with Gasteiger partial charge < -0.3 is 24.1 Å². The van der Waals surface area contributed by atoms with Gasteiger partial charge in [-0.3, -0.25) is 0 Å². The zero-order valence-electron chi connectivity index (χ0n) is 25.6. The van der Waals surface area contributed by atoms with E-state index in [1.165, 1.54) is 36.4 Å². The van der Waals surface area contributed by atoms with Crippen LogP contribution in [0.4, 0.5) is 26.3 Å². The van der Waals surface area contributed by atoms with E-state index in [9.17, 15) is 36.2 Å². The molecule has 250 valence electrons. The monoisotopic (exact) mass is 660 g/mol. The molecule has 0 heterocycles. The van der Waals surface area contributed by atoms with Gasteiger partial charge in [-0.25, -0.2) is 17.6 Å². The highest BCUT2D eigenvalue weighted by atomic mass is 19.2. The molecule has 1 N–H and O–H groups in total. The number of phenols is 1. The van der Waals surface area contributed by atoms with Gasteiger partial charge in [0, 0.05) is 40.3 Å². The summed E-state index contributed by atoms with van der Waals surface area (Å²) in [4.78, 5) is 11.5. The lowest BCUT2D eigenvalue weighted by Crippen LogP contribution is -2.06. The van der Waals surface area contributed by atoms with Crippen LogP contribution in [0.2, 0.25) is 0 Å². The van der Waals surface area contributed by atoms with Gasteiger partial charge in [0.05, 0.1) is 19.8 Å². The molecule has 47 heavy (non-hydrogen) atoms. The van der Waals surface area contributed by atoms with Gasteiger partial charge in [-0.15, -0.1) is 0 Å². The van der Waals surface area contributed by atoms with Crippen molar-refractivity contribution in [1.29, 1.82) is 0 Å². The smallest absolute Gasteiger partial charge is 0.201 e. The average molecular weight is 661 g/mol. The van der Waals surface area contributed by atoms with Crippen LogP contribution >= 0.6 is 0 Å². The molecule has 0 spiro atoms. The third kappa shape index (κ3) is 8.99. The SMILES string of the molecule is CCOc1ccc(-c2ccc(OCCCCC(C=O)CCCCOc3ccc(-c4ccc(O)c(F)c4F)c(F)c3)cc2F)c(F)c1F. The number of rotatable bonds is 17. The van der Waals surface area contributed by atoms with Crippen LogP contribution in [0.1, 0.15) is 45.4 Å². The maximum absolute atomic E-state index is 14.7. The van der Waals surface area contributed by atoms with Crippen LogP contribution in [0.3, 0.4) is 0 Å². The first kappa shape index (κ1) is 35.2. The molecule has 11 heteroatoms. The molecule has 0 saturated heterocycles. The predicted octanol–water partition coefficient (Wildman–Crippen LogP) is 9.57. The molecule has 5 nitrogen and oxygen atoms in total. The second-order valence-corrected chi connectivity index (χ2v) is 10.8. The minimum atomic E-state index is -1.45. The lowest BCUT2D eigenvalue weighted by Gasteiger charge is -2.13. The quantitative estimate of drug-likeness (QED) is 0.0695. The second-order valence-electron chi connectivity index (χ2n) is 10.8. The van der Waals surface area contributed by atoms with Gasteiger partial charge in [0.2, 0.25) is 11.6 Å². The molecule has 0 aliphatic carbocycles. The van der Waals surface area contributed by atoms with Gasteiger partial charge in [-0.1, -0.05) is 0 Å². The van der Waals surface area contributed by atoms with Crippen molar-refractivity contribution in [3.8, 4) is 45.3 Å². The van der Waals surface area contributed by atoms with Crippen LogP contribution in [0.15, 0.2) is 60.7 Å². The van der Waals surface area contributed by atoms with Crippen LogP contribution < -0.4 is 14.2 Å². The topological polar surface area (TPSA) is 65.0 Å². The van der Waals surface area contributed by atoms with Gasteiger partial charge >= 0.3 is 0 Å². The molecule has 4 rings (SSSR count). The highest BCUT2D eigenvalue weighted by molar-refractivity contribution is 5.68. The maximum atomic E-state index is 14.7. The molecule has 0 aromatic heterocycles. The molecule has 0 radical (unpaired) electrons. The number of unbranched alkanes of at least 4 members (excludes halogenated alkanes) is 2. The fourth-order valence-electron chi connectivity index (χ4n) is 5.04. The second kappa shape index (κ2) is 16.8. The van der Waals surface area contributed by atoms with Crippen molar-refractivity contribution in [2.75, 3.05) is 19.8 Å². The normalized spacial score (nSPS) is 11.7. The van der Waals surface area contributed by atoms with Crippen molar-refractivity contribution in [3.63, 3.8) is 0 Å². The van der Waals surface area contributed by atoms with Crippen LogP contribution in [0.25, 0.3) is 22.3 Å². The average Bonchev–Trinajstić information content (AvgIpc) is 3.05. The van der Waals surface area contributed by atoms with Crippen molar-refractivity contribution in [1.82, 2.24) is 0 Å². The van der Waals surface area contributed by atoms with Crippen molar-refractivity contribution >= 4 is 6.29 Å². The Bertz CT molecular complexity index is 1680. The lowest BCUT2D eigenvalue weighted by molar-refractivity contribution is -0.111. The Labute approximate surface area is 268 Å². The number of phenolic OH excluding ortho intramolecular Hbond substituents is 1. The molecule has 0 amide bonds. The molecule has 4 aromatic carbocycles. The summed E-state index contributed by atoms with van der Waals surface area (Å²) in [5.41, 5.74) is -0.836. The van der Waals surface area contributed by atoms with Crippen LogP contribution in [-0.4, -0.2) is 31.2 Å². The summed E-state index contributed by atoms with van der Waals surface area (Å²) in [5.74, 6) is -7.60. The van der Waals surface area contributed by atoms with Gasteiger partial charge in [0.1, 0.15) is 29.4 Å². The van der Waals surface area contributed by atoms with E-state index in [1.54, 1.807) is 6.92 Å². The van der Waals surface area contributed by atoms with Crippen molar-refractivity contribution < 1.29 is 50.5 Å². The maximum Gasteiger partial charge on any atom is 0.201 e. The van der Waals surface area contributed by atoms with Crippen molar-refractivity contribution in [2.24, 2.45) is 5.92 Å². The number of benzene rings is 4. The Morgan fingerprint density at radius 3 is 1.60 bits per heavy atom. The number of halogens is 6. The molecule has 0 fully saturated rings. The molecule has 4 aromatic rings. The van der Waals surface area contributed by atoms with Gasteiger partial charge in [0.15, 0.2) is 23.1 Å². The van der Waals surface area contributed by atoms with E-state index in [-0.39, 0.29) is 65.2 Å². The third-order valence-corrected chi connectivity index (χ3v) is 7.54. The van der Waals surface area contributed by atoms with E-state index in [1.807, 2.05) is 0 Å². The first-order valence-electron chi connectivity index (χ1n) is 15.2. The summed E-state index contributed by atoms with van der Waals surface area (Å²) < 4.78 is 102. The summed E-state index contributed by atoms with van der Waals surface area (Å²) in [5, 5.41) is 9.27. The summed E-state index contributed by atoms with van der Waals surface area (Å²) >= 11 is 0. The van der Waals surface area contributed by atoms with Crippen LogP contribution in [0, 0.1) is 40.8 Å². The first-order valence-corrected chi connectivity index (χ1v) is 15.2. The van der Waals surface area contributed by atoms with Crippen molar-refractivity contribution in [3.05, 3.63) is 95.6 Å². The lowest BCUT2D eigenvalue weighted by atomic mass is 9.97. The number of aromatic hydroxyl groups is 1. The number of carbonyl (C=O) groups excluding carboxylic acids is 1. The number of carbonyl (C=O) groups is 1. The predicted molar refractivity (Wildman–Crippen MR) is 165 cm³/mol. The van der Waals surface area contributed by atoms with Crippen LogP contribution in [-0.2, 0) is 4.79 Å². The fraction of sp³-hybridized carbons (Fsp3) is 0.306. The highest BCUT2D eigenvalue weighted by Crippen LogP contribution is 2.34. The van der Waals surface area contributed by atoms with Gasteiger partial charge in [-0.2, -0.15) is 8.78 Å². The summed E-state index contributed by atoms with van der Waals surface area (Å²) in [7, 11) is 0. The van der Waals surface area contributed by atoms with E-state index in [4.69, 9.17) is 14.2 Å². The van der Waals surface area contributed by atoms with E-state index < -0.39 is 40.7 Å². The summed E-state index contributed by atoms with van der Waals surface area (Å²) in [6.07, 6.45) is 4.74. The Morgan fingerprint density at radius 2 is 1.11 bits per heavy atom. The molecule has 1 atom stereocenters. The van der Waals surface area contributed by atoms with E-state index >= 15 is 0 Å². The standard InChI is InChI=1S/C36H34F6O5/c1-2-45-32-16-14-28(34(40)36(32)42)26-12-10-24(20-30(26)38)47-18-6-4-8-22(21-43)7-3-5-17-46-23-9-11-25(29(37)19-23)27-13-15-31(44)35(41)33(27)39/h9-16,19-22,44H,2-8,17-18H2,1H3. The summed E-state index contributed by atoms with van der Waals surface area (Å²) in [6.45, 7) is 2.33. The number of ether oxygens (including phenoxy) is 3. The highest BCUT2D eigenvalue weighted by Gasteiger charge is 2.19. The largest absolute Gasteiger partial charge is 0.505 e.